The Morgan fingerprint density at radius 3 is 2.24 bits per heavy atom. The number of hydrazone groups is 1. The summed E-state index contributed by atoms with van der Waals surface area (Å²) in [4.78, 5) is 39.0. The van der Waals surface area contributed by atoms with Crippen molar-refractivity contribution in [2.75, 3.05) is 29.1 Å². The van der Waals surface area contributed by atoms with Gasteiger partial charge in [-0.3, -0.25) is 15.4 Å². The van der Waals surface area contributed by atoms with E-state index in [0.29, 0.717) is 5.71 Å². The number of urea groups is 1. The molecule has 0 aliphatic carbocycles. The highest BCUT2D eigenvalue weighted by atomic mass is 16.6. The molecule has 13 heteroatoms. The zero-order valence-corrected chi connectivity index (χ0v) is 20.8. The summed E-state index contributed by atoms with van der Waals surface area (Å²) in [7, 11) is 0. The van der Waals surface area contributed by atoms with Crippen molar-refractivity contribution < 1.29 is 19.2 Å². The Bertz CT molecular complexity index is 1260. The summed E-state index contributed by atoms with van der Waals surface area (Å²) < 4.78 is 4.94. The number of hydrogen-bond donors (Lipinski definition) is 5. The lowest BCUT2D eigenvalue weighted by molar-refractivity contribution is -0.383. The van der Waals surface area contributed by atoms with Gasteiger partial charge in [-0.25, -0.2) is 20.0 Å². The normalized spacial score (nSPS) is 11.0. The number of nitrogens with one attached hydrogen (secondary N) is 4. The number of ether oxygens (including phenoxy) is 1. The number of amides is 3. The van der Waals surface area contributed by atoms with Crippen LogP contribution in [0.1, 0.15) is 31.0 Å². The van der Waals surface area contributed by atoms with Gasteiger partial charge in [0, 0.05) is 6.07 Å². The zero-order valence-electron chi connectivity index (χ0n) is 20.8. The van der Waals surface area contributed by atoms with E-state index in [4.69, 9.17) is 10.5 Å². The van der Waals surface area contributed by atoms with E-state index in [1.165, 1.54) is 6.07 Å². The predicted molar refractivity (Wildman–Crippen MR) is 144 cm³/mol. The SMILES string of the molecule is CCOC(=O)Nc1cc(NC(c2ccccc2)c2ccccc2)c([N+](=O)[O-])c(NCC(C)=NNC(N)=O)n1. The van der Waals surface area contributed by atoms with Crippen LogP contribution in [0, 0.1) is 10.1 Å². The maximum absolute atomic E-state index is 12.3. The van der Waals surface area contributed by atoms with Crippen LogP contribution in [0.2, 0.25) is 0 Å². The number of nitro groups is 1. The summed E-state index contributed by atoms with van der Waals surface area (Å²) in [6, 6.07) is 18.9. The minimum atomic E-state index is -0.853. The smallest absolute Gasteiger partial charge is 0.412 e. The van der Waals surface area contributed by atoms with Gasteiger partial charge < -0.3 is 21.1 Å². The monoisotopic (exact) mass is 520 g/mol. The number of carbonyl (C=O) groups excluding carboxylic acids is 2. The first-order valence-corrected chi connectivity index (χ1v) is 11.6. The fraction of sp³-hybridized carbons (Fsp3) is 0.200. The van der Waals surface area contributed by atoms with Crippen LogP contribution in [0.4, 0.5) is 32.6 Å². The Kier molecular flexibility index (Phi) is 9.52. The Hall–Kier alpha value is -5.20. The van der Waals surface area contributed by atoms with Crippen LogP contribution in [-0.2, 0) is 4.74 Å². The predicted octanol–water partition coefficient (Wildman–Crippen LogP) is 4.22. The van der Waals surface area contributed by atoms with Crippen LogP contribution < -0.4 is 27.1 Å². The maximum atomic E-state index is 12.3. The van der Waals surface area contributed by atoms with Gasteiger partial charge in [-0.15, -0.1) is 0 Å². The molecule has 0 unspecified atom stereocenters. The van der Waals surface area contributed by atoms with Gasteiger partial charge in [0.25, 0.3) is 0 Å². The lowest BCUT2D eigenvalue weighted by Crippen LogP contribution is -2.27. The molecule has 13 nitrogen and oxygen atoms in total. The number of nitrogens with zero attached hydrogens (tertiary/aromatic N) is 3. The quantitative estimate of drug-likeness (QED) is 0.141. The van der Waals surface area contributed by atoms with Gasteiger partial charge in [0.2, 0.25) is 5.82 Å². The molecule has 0 bridgehead atoms. The Labute approximate surface area is 218 Å². The number of rotatable bonds is 11. The number of anilines is 3. The molecule has 0 aliphatic heterocycles. The molecule has 0 fully saturated rings. The van der Waals surface area contributed by atoms with Crippen LogP contribution in [-0.4, -0.2) is 40.9 Å². The van der Waals surface area contributed by atoms with E-state index < -0.39 is 23.1 Å². The van der Waals surface area contributed by atoms with Gasteiger partial charge in [0.1, 0.15) is 11.5 Å². The topological polar surface area (TPSA) is 186 Å². The number of aromatic nitrogens is 1. The molecule has 0 spiro atoms. The van der Waals surface area contributed by atoms with Crippen LogP contribution in [0.25, 0.3) is 0 Å². The molecule has 3 amide bonds. The molecule has 0 aliphatic rings. The first-order chi connectivity index (χ1) is 18.3. The Morgan fingerprint density at radius 1 is 1.11 bits per heavy atom. The summed E-state index contributed by atoms with van der Waals surface area (Å²) in [5.74, 6) is -0.121. The molecule has 2 aromatic carbocycles. The highest BCUT2D eigenvalue weighted by molar-refractivity contribution is 5.90. The minimum Gasteiger partial charge on any atom is -0.450 e. The number of primary amides is 1. The molecule has 0 radical (unpaired) electrons. The van der Waals surface area contributed by atoms with Crippen LogP contribution >= 0.6 is 0 Å². The average molecular weight is 521 g/mol. The molecule has 198 valence electrons. The number of benzene rings is 2. The van der Waals surface area contributed by atoms with E-state index in [1.807, 2.05) is 60.7 Å². The largest absolute Gasteiger partial charge is 0.450 e. The Balaban J connectivity index is 2.08. The highest BCUT2D eigenvalue weighted by Gasteiger charge is 2.27. The molecule has 3 aromatic rings. The molecule has 0 saturated heterocycles. The van der Waals surface area contributed by atoms with Gasteiger partial charge in [0.15, 0.2) is 0 Å². The molecule has 1 heterocycles. The maximum Gasteiger partial charge on any atom is 0.412 e. The molecule has 0 saturated carbocycles. The molecular weight excluding hydrogens is 492 g/mol. The second kappa shape index (κ2) is 13.2. The van der Waals surface area contributed by atoms with E-state index in [9.17, 15) is 19.7 Å². The second-order valence-electron chi connectivity index (χ2n) is 7.93. The van der Waals surface area contributed by atoms with E-state index in [0.717, 1.165) is 11.1 Å². The second-order valence-corrected chi connectivity index (χ2v) is 7.93. The van der Waals surface area contributed by atoms with Crippen molar-refractivity contribution in [2.45, 2.75) is 19.9 Å². The van der Waals surface area contributed by atoms with Crippen LogP contribution in [0.15, 0.2) is 71.8 Å². The summed E-state index contributed by atoms with van der Waals surface area (Å²) in [6.07, 6.45) is -0.767. The minimum absolute atomic E-state index is 0.0166. The van der Waals surface area contributed by atoms with Gasteiger partial charge in [0.05, 0.1) is 29.8 Å². The lowest BCUT2D eigenvalue weighted by Gasteiger charge is -2.22. The van der Waals surface area contributed by atoms with E-state index in [-0.39, 0.29) is 36.2 Å². The highest BCUT2D eigenvalue weighted by Crippen LogP contribution is 2.37. The summed E-state index contributed by atoms with van der Waals surface area (Å²) in [6.45, 7) is 3.34. The van der Waals surface area contributed by atoms with Crippen molar-refractivity contribution in [3.8, 4) is 0 Å². The van der Waals surface area contributed by atoms with E-state index in [2.05, 4.69) is 31.5 Å². The number of nitrogens with two attached hydrogens (primary N) is 1. The van der Waals surface area contributed by atoms with Crippen LogP contribution in [0.3, 0.4) is 0 Å². The molecule has 6 N–H and O–H groups in total. The number of pyridine rings is 1. The fourth-order valence-corrected chi connectivity index (χ4v) is 3.50. The summed E-state index contributed by atoms with van der Waals surface area (Å²) >= 11 is 0. The van der Waals surface area contributed by atoms with Crippen molar-refractivity contribution in [2.24, 2.45) is 10.8 Å². The third-order valence-electron chi connectivity index (χ3n) is 5.12. The third kappa shape index (κ3) is 7.65. The fourth-order valence-electron chi connectivity index (χ4n) is 3.50. The first-order valence-electron chi connectivity index (χ1n) is 11.6. The van der Waals surface area contributed by atoms with Crippen molar-refractivity contribution in [1.29, 1.82) is 0 Å². The van der Waals surface area contributed by atoms with E-state index >= 15 is 0 Å². The summed E-state index contributed by atoms with van der Waals surface area (Å²) in [5, 5.41) is 24.6. The molecular formula is C25H28N8O5. The lowest BCUT2D eigenvalue weighted by atomic mass is 9.98. The third-order valence-corrected chi connectivity index (χ3v) is 5.12. The Morgan fingerprint density at radius 2 is 1.71 bits per heavy atom. The molecule has 3 rings (SSSR count). The number of hydrogen-bond acceptors (Lipinski definition) is 9. The van der Waals surface area contributed by atoms with Gasteiger partial charge in [-0.05, 0) is 25.0 Å². The van der Waals surface area contributed by atoms with Crippen molar-refractivity contribution in [1.82, 2.24) is 10.4 Å². The standard InChI is InChI=1S/C25H28N8O5/c1-3-38-25(35)30-20-14-19(22(33(36)37)23(29-20)27-15-16(2)31-32-24(26)34)28-21(17-10-6-4-7-11-17)18-12-8-5-9-13-18/h4-14,21H,3,15H2,1-2H3,(H3,26,32,34)(H3,27,28,29,30,35). The van der Waals surface area contributed by atoms with Crippen molar-refractivity contribution in [3.05, 3.63) is 88.0 Å². The van der Waals surface area contributed by atoms with E-state index in [1.54, 1.807) is 13.8 Å². The molecule has 1 aromatic heterocycles. The first kappa shape index (κ1) is 27.4. The van der Waals surface area contributed by atoms with Gasteiger partial charge >= 0.3 is 17.8 Å². The van der Waals surface area contributed by atoms with Gasteiger partial charge in [-0.1, -0.05) is 60.7 Å². The van der Waals surface area contributed by atoms with Crippen LogP contribution in [0.5, 0.6) is 0 Å². The number of carbonyl (C=O) groups is 2. The average Bonchev–Trinajstić information content (AvgIpc) is 2.90. The molecule has 38 heavy (non-hydrogen) atoms. The van der Waals surface area contributed by atoms with Crippen molar-refractivity contribution in [3.63, 3.8) is 0 Å². The zero-order chi connectivity index (χ0) is 27.5. The van der Waals surface area contributed by atoms with Gasteiger partial charge in [-0.2, -0.15) is 5.10 Å². The molecule has 0 atom stereocenters. The summed E-state index contributed by atoms with van der Waals surface area (Å²) in [5.41, 5.74) is 8.95. The van der Waals surface area contributed by atoms with Crippen molar-refractivity contribution >= 4 is 40.8 Å².